The van der Waals surface area contributed by atoms with Gasteiger partial charge in [-0.05, 0) is 62.5 Å². The number of rotatable bonds is 10. The summed E-state index contributed by atoms with van der Waals surface area (Å²) in [6.45, 7) is 9.68. The predicted molar refractivity (Wildman–Crippen MR) is 103 cm³/mol. The van der Waals surface area contributed by atoms with Gasteiger partial charge in [0, 0.05) is 12.6 Å². The van der Waals surface area contributed by atoms with Gasteiger partial charge >= 0.3 is 0 Å². The highest BCUT2D eigenvalue weighted by Gasteiger charge is 2.33. The highest BCUT2D eigenvalue weighted by Crippen LogP contribution is 2.39. The quantitative estimate of drug-likeness (QED) is 0.599. The highest BCUT2D eigenvalue weighted by molar-refractivity contribution is 5.52. The van der Waals surface area contributed by atoms with Crippen molar-refractivity contribution in [2.45, 2.75) is 51.5 Å². The molecule has 2 unspecified atom stereocenters. The van der Waals surface area contributed by atoms with Crippen LogP contribution in [0.4, 0.5) is 0 Å². The van der Waals surface area contributed by atoms with E-state index in [2.05, 4.69) is 35.8 Å². The van der Waals surface area contributed by atoms with Crippen molar-refractivity contribution >= 4 is 6.29 Å². The average Bonchev–Trinajstić information content (AvgIpc) is 3.28. The maximum Gasteiger partial charge on any atom is 0.231 e. The van der Waals surface area contributed by atoms with Crippen LogP contribution in [0.2, 0.25) is 0 Å². The van der Waals surface area contributed by atoms with E-state index in [4.69, 9.17) is 9.47 Å². The molecule has 0 spiro atoms. The van der Waals surface area contributed by atoms with Crippen LogP contribution < -0.4 is 9.47 Å². The lowest BCUT2D eigenvalue weighted by Gasteiger charge is -2.26. The number of likely N-dealkylation sites (tertiary alicyclic amines) is 1. The number of carbonyl (C=O) groups is 1. The number of nitrogens with zero attached hydrogens (tertiary/aromatic N) is 2. The number of carbonyl (C=O) groups excluding carboxylic acids is 1. The molecule has 1 saturated heterocycles. The molecule has 0 bridgehead atoms. The molecule has 5 heteroatoms. The molecule has 5 nitrogen and oxygen atoms in total. The Labute approximate surface area is 157 Å². The second kappa shape index (κ2) is 9.38. The van der Waals surface area contributed by atoms with E-state index in [1.54, 1.807) is 0 Å². The molecule has 0 radical (unpaired) electrons. The Morgan fingerprint density at radius 2 is 2.08 bits per heavy atom. The van der Waals surface area contributed by atoms with Gasteiger partial charge in [-0.2, -0.15) is 0 Å². The van der Waals surface area contributed by atoms with E-state index < -0.39 is 0 Å². The van der Waals surface area contributed by atoms with Crippen molar-refractivity contribution in [3.63, 3.8) is 0 Å². The summed E-state index contributed by atoms with van der Waals surface area (Å²) in [5.41, 5.74) is 1.30. The zero-order valence-corrected chi connectivity index (χ0v) is 16.2. The normalized spacial score (nSPS) is 22.3. The molecule has 2 aliphatic rings. The van der Waals surface area contributed by atoms with Crippen LogP contribution in [0.3, 0.4) is 0 Å². The van der Waals surface area contributed by atoms with E-state index >= 15 is 0 Å². The molecule has 26 heavy (non-hydrogen) atoms. The minimum Gasteiger partial charge on any atom is -0.454 e. The van der Waals surface area contributed by atoms with E-state index in [0.717, 1.165) is 50.3 Å². The zero-order chi connectivity index (χ0) is 18.4. The molecule has 1 aromatic carbocycles. The summed E-state index contributed by atoms with van der Waals surface area (Å²) in [7, 11) is 0. The van der Waals surface area contributed by atoms with E-state index in [9.17, 15) is 4.79 Å². The van der Waals surface area contributed by atoms with Crippen LogP contribution in [-0.4, -0.2) is 61.6 Å². The molecule has 2 atom stereocenters. The van der Waals surface area contributed by atoms with Gasteiger partial charge in [0.05, 0.1) is 6.54 Å². The molecule has 1 aromatic rings. The molecular formula is C21H32N2O3. The van der Waals surface area contributed by atoms with Gasteiger partial charge in [-0.15, -0.1) is 0 Å². The Morgan fingerprint density at radius 1 is 1.23 bits per heavy atom. The lowest BCUT2D eigenvalue weighted by molar-refractivity contribution is -0.109. The van der Waals surface area contributed by atoms with Gasteiger partial charge in [0.25, 0.3) is 0 Å². The average molecular weight is 360 g/mol. The van der Waals surface area contributed by atoms with Crippen LogP contribution in [0.15, 0.2) is 18.2 Å². The summed E-state index contributed by atoms with van der Waals surface area (Å²) in [6, 6.07) is 6.76. The highest BCUT2D eigenvalue weighted by atomic mass is 16.7. The van der Waals surface area contributed by atoms with Crippen molar-refractivity contribution in [1.29, 1.82) is 0 Å². The molecule has 0 amide bonds. The van der Waals surface area contributed by atoms with Gasteiger partial charge in [-0.25, -0.2) is 0 Å². The molecule has 3 rings (SSSR count). The number of benzene rings is 1. The molecule has 1 fully saturated rings. The first-order valence-electron chi connectivity index (χ1n) is 10.0. The Hall–Kier alpha value is -1.59. The minimum atomic E-state index is 0.313. The van der Waals surface area contributed by atoms with E-state index in [1.807, 2.05) is 6.07 Å². The van der Waals surface area contributed by atoms with Crippen molar-refractivity contribution < 1.29 is 14.3 Å². The Balaban J connectivity index is 1.61. The standard InChI is InChI=1S/C21H32N2O3/c1-3-5-9-22(4-2)10-8-19-13-18(15-23(19)11-12-24)17-6-7-20-21(14-17)26-16-25-20/h6-7,12,14,18-19H,3-5,8-11,13,15-16H2,1-2H3. The van der Waals surface area contributed by atoms with Crippen LogP contribution in [0.25, 0.3) is 0 Å². The first-order valence-corrected chi connectivity index (χ1v) is 10.0. The maximum atomic E-state index is 11.1. The smallest absolute Gasteiger partial charge is 0.231 e. The van der Waals surface area contributed by atoms with E-state index in [-0.39, 0.29) is 0 Å². The van der Waals surface area contributed by atoms with Crippen molar-refractivity contribution in [2.75, 3.05) is 39.5 Å². The van der Waals surface area contributed by atoms with Gasteiger partial charge in [0.2, 0.25) is 6.79 Å². The largest absolute Gasteiger partial charge is 0.454 e. The molecule has 0 N–H and O–H groups in total. The number of unbranched alkanes of at least 4 members (excludes halogenated alkanes) is 1. The van der Waals surface area contributed by atoms with E-state index in [0.29, 0.717) is 25.3 Å². The molecule has 0 aliphatic carbocycles. The fourth-order valence-electron chi connectivity index (χ4n) is 4.15. The Kier molecular flexibility index (Phi) is 6.92. The molecule has 0 aromatic heterocycles. The van der Waals surface area contributed by atoms with E-state index in [1.165, 1.54) is 24.9 Å². The summed E-state index contributed by atoms with van der Waals surface area (Å²) < 4.78 is 11.0. The summed E-state index contributed by atoms with van der Waals surface area (Å²) in [5, 5.41) is 0. The monoisotopic (exact) mass is 360 g/mol. The Morgan fingerprint density at radius 3 is 2.85 bits per heavy atom. The summed E-state index contributed by atoms with van der Waals surface area (Å²) >= 11 is 0. The van der Waals surface area contributed by atoms with Gasteiger partial charge in [-0.1, -0.05) is 26.3 Å². The second-order valence-corrected chi connectivity index (χ2v) is 7.40. The van der Waals surface area contributed by atoms with Crippen molar-refractivity contribution in [2.24, 2.45) is 0 Å². The van der Waals surface area contributed by atoms with Crippen molar-refractivity contribution in [3.05, 3.63) is 23.8 Å². The Bertz CT molecular complexity index is 593. The van der Waals surface area contributed by atoms with Gasteiger partial charge in [0.15, 0.2) is 11.5 Å². The fraction of sp³-hybridized carbons (Fsp3) is 0.667. The number of aldehydes is 1. The topological polar surface area (TPSA) is 42.0 Å². The zero-order valence-electron chi connectivity index (χ0n) is 16.2. The fourth-order valence-corrected chi connectivity index (χ4v) is 4.15. The third-order valence-electron chi connectivity index (χ3n) is 5.76. The minimum absolute atomic E-state index is 0.313. The second-order valence-electron chi connectivity index (χ2n) is 7.40. The molecule has 144 valence electrons. The molecule has 2 heterocycles. The number of hydrogen-bond acceptors (Lipinski definition) is 5. The van der Waals surface area contributed by atoms with Crippen LogP contribution in [-0.2, 0) is 4.79 Å². The summed E-state index contributed by atoms with van der Waals surface area (Å²) in [5.74, 6) is 2.15. The van der Waals surface area contributed by atoms with Gasteiger partial charge < -0.3 is 19.2 Å². The number of hydrogen-bond donors (Lipinski definition) is 0. The first kappa shape index (κ1) is 19.2. The number of fused-ring (bicyclic) bond motifs is 1. The molecular weight excluding hydrogens is 328 g/mol. The third kappa shape index (κ3) is 4.57. The van der Waals surface area contributed by atoms with Crippen LogP contribution >= 0.6 is 0 Å². The summed E-state index contributed by atoms with van der Waals surface area (Å²) in [6.07, 6.45) is 5.79. The molecule has 0 saturated carbocycles. The lowest BCUT2D eigenvalue weighted by Crippen LogP contribution is -2.35. The maximum absolute atomic E-state index is 11.1. The number of ether oxygens (including phenoxy) is 2. The summed E-state index contributed by atoms with van der Waals surface area (Å²) in [4.78, 5) is 16.0. The van der Waals surface area contributed by atoms with Gasteiger partial charge in [-0.3, -0.25) is 4.90 Å². The predicted octanol–water partition coefficient (Wildman–Crippen LogP) is 3.28. The third-order valence-corrected chi connectivity index (χ3v) is 5.76. The van der Waals surface area contributed by atoms with Crippen molar-refractivity contribution in [1.82, 2.24) is 9.80 Å². The van der Waals surface area contributed by atoms with Crippen molar-refractivity contribution in [3.8, 4) is 11.5 Å². The first-order chi connectivity index (χ1) is 12.7. The SMILES string of the molecule is CCCCN(CC)CCC1CC(c2ccc3c(c2)OCO3)CN1CC=O. The lowest BCUT2D eigenvalue weighted by atomic mass is 9.95. The van der Waals surface area contributed by atoms with Gasteiger partial charge in [0.1, 0.15) is 6.29 Å². The molecule has 2 aliphatic heterocycles. The van der Waals surface area contributed by atoms with Crippen LogP contribution in [0.5, 0.6) is 11.5 Å². The van der Waals surface area contributed by atoms with Crippen LogP contribution in [0, 0.1) is 0 Å². The van der Waals surface area contributed by atoms with Crippen LogP contribution in [0.1, 0.15) is 51.0 Å².